The highest BCUT2D eigenvalue weighted by molar-refractivity contribution is 9.10. The van der Waals surface area contributed by atoms with Gasteiger partial charge in [-0.3, -0.25) is 9.59 Å². The third kappa shape index (κ3) is 4.83. The van der Waals surface area contributed by atoms with Crippen LogP contribution in [0.4, 0.5) is 23.6 Å². The number of halogens is 5. The monoisotopic (exact) mass is 621 g/mol. The summed E-state index contributed by atoms with van der Waals surface area (Å²) in [5, 5.41) is 2.30. The molecule has 5 N–H and O–H groups in total. The highest BCUT2D eigenvalue weighted by atomic mass is 79.9. The number of pyridine rings is 1. The average molecular weight is 622 g/mol. The molecule has 2 amide bonds. The molecule has 2 aromatic heterocycles. The number of carbonyl (C=O) groups is 2. The van der Waals surface area contributed by atoms with Crippen molar-refractivity contribution in [2.45, 2.75) is 24.4 Å². The molecule has 0 fully saturated rings. The van der Waals surface area contributed by atoms with Crippen LogP contribution in [0, 0.1) is 5.82 Å². The molecule has 1 aliphatic rings. The van der Waals surface area contributed by atoms with Crippen molar-refractivity contribution in [3.8, 4) is 17.0 Å². The van der Waals surface area contributed by atoms with Crippen LogP contribution in [0.25, 0.3) is 22.4 Å². The summed E-state index contributed by atoms with van der Waals surface area (Å²) >= 11 is 3.24. The first-order valence-corrected chi connectivity index (χ1v) is 12.5. The summed E-state index contributed by atoms with van der Waals surface area (Å²) < 4.78 is 68.1. The summed E-state index contributed by atoms with van der Waals surface area (Å²) in [4.78, 5) is 33.4. The molecule has 208 valence electrons. The van der Waals surface area contributed by atoms with Crippen LogP contribution in [0.15, 0.2) is 51.4 Å². The maximum Gasteiger partial charge on any atom is 0.398 e. The van der Waals surface area contributed by atoms with Crippen molar-refractivity contribution in [3.05, 3.63) is 69.6 Å². The lowest BCUT2D eigenvalue weighted by Crippen LogP contribution is -2.40. The van der Waals surface area contributed by atoms with Crippen LogP contribution in [0.5, 0.6) is 5.75 Å². The molecule has 0 saturated heterocycles. The Bertz CT molecular complexity index is 1660. The lowest BCUT2D eigenvalue weighted by atomic mass is 9.82. The van der Waals surface area contributed by atoms with E-state index in [0.717, 1.165) is 18.2 Å². The van der Waals surface area contributed by atoms with E-state index in [1.165, 1.54) is 31.2 Å². The van der Waals surface area contributed by atoms with Gasteiger partial charge in [0.1, 0.15) is 40.7 Å². The minimum Gasteiger partial charge on any atom is -0.489 e. The number of anilines is 1. The van der Waals surface area contributed by atoms with Gasteiger partial charge in [-0.25, -0.2) is 9.37 Å². The van der Waals surface area contributed by atoms with E-state index >= 15 is 0 Å². The predicted molar refractivity (Wildman–Crippen MR) is 139 cm³/mol. The number of oxazole rings is 1. The number of nitrogens with two attached hydrogens (primary N) is 2. The fraction of sp³-hybridized carbons (Fsp3) is 0.231. The summed E-state index contributed by atoms with van der Waals surface area (Å²) in [7, 11) is 0. The van der Waals surface area contributed by atoms with Gasteiger partial charge < -0.3 is 25.9 Å². The number of nitrogens with one attached hydrogen (secondary N) is 1. The standard InChI is InChI=1S/C26H20BrF4N5O4/c1-25(23(32)38)10-39-21-14(25)8-17(35-19(21)11-2-4-13(28)5-3-11)15(26(29,30)31)9-34-22(37)12-6-16(27)20-18(7-12)40-24(33)36-20/h2-8,15H,9-10H2,1H3,(H2,32,38)(H2,33,36)(H,34,37)/t15?,25-/m0/s1. The van der Waals surface area contributed by atoms with Crippen LogP contribution >= 0.6 is 15.9 Å². The molecule has 9 nitrogen and oxygen atoms in total. The molecular formula is C26H20BrF4N5O4. The van der Waals surface area contributed by atoms with Gasteiger partial charge in [0.15, 0.2) is 5.58 Å². The molecule has 0 saturated carbocycles. The second-order valence-corrected chi connectivity index (χ2v) is 10.3. The minimum atomic E-state index is -4.86. The highest BCUT2D eigenvalue weighted by Gasteiger charge is 2.47. The molecule has 3 heterocycles. The number of rotatable bonds is 6. The van der Waals surface area contributed by atoms with E-state index in [1.54, 1.807) is 0 Å². The molecule has 0 bridgehead atoms. The first kappa shape index (κ1) is 27.4. The topological polar surface area (TPSA) is 146 Å². The largest absolute Gasteiger partial charge is 0.489 e. The summed E-state index contributed by atoms with van der Waals surface area (Å²) in [5.74, 6) is -4.40. The molecule has 40 heavy (non-hydrogen) atoms. The van der Waals surface area contributed by atoms with Gasteiger partial charge in [-0.15, -0.1) is 0 Å². The molecule has 14 heteroatoms. The van der Waals surface area contributed by atoms with Gasteiger partial charge in [-0.05, 0) is 65.3 Å². The number of hydrogen-bond acceptors (Lipinski definition) is 7. The average Bonchev–Trinajstić information content (AvgIpc) is 3.44. The quantitative estimate of drug-likeness (QED) is 0.267. The summed E-state index contributed by atoms with van der Waals surface area (Å²) in [5.41, 5.74) is 10.1. The number of nitrogen functional groups attached to an aromatic ring is 1. The number of primary amides is 1. The number of fused-ring (bicyclic) bond motifs is 2. The number of amides is 2. The maximum absolute atomic E-state index is 14.4. The third-order valence-electron chi connectivity index (χ3n) is 6.70. The van der Waals surface area contributed by atoms with Crippen LogP contribution in [-0.2, 0) is 10.2 Å². The van der Waals surface area contributed by atoms with Gasteiger partial charge in [0.25, 0.3) is 11.9 Å². The normalized spacial score (nSPS) is 17.4. The molecule has 0 aliphatic carbocycles. The molecule has 0 radical (unpaired) electrons. The van der Waals surface area contributed by atoms with Crippen LogP contribution in [0.2, 0.25) is 0 Å². The lowest BCUT2D eigenvalue weighted by Gasteiger charge is -2.24. The summed E-state index contributed by atoms with van der Waals surface area (Å²) in [6.07, 6.45) is -4.86. The zero-order valence-corrected chi connectivity index (χ0v) is 22.2. The third-order valence-corrected chi connectivity index (χ3v) is 7.30. The van der Waals surface area contributed by atoms with E-state index in [4.69, 9.17) is 20.6 Å². The molecule has 0 spiro atoms. The summed E-state index contributed by atoms with van der Waals surface area (Å²) in [6, 6.07) is 8.56. The highest BCUT2D eigenvalue weighted by Crippen LogP contribution is 2.46. The van der Waals surface area contributed by atoms with Crippen molar-refractivity contribution < 1.29 is 36.3 Å². The van der Waals surface area contributed by atoms with Gasteiger partial charge >= 0.3 is 6.18 Å². The van der Waals surface area contributed by atoms with E-state index in [0.29, 0.717) is 9.99 Å². The molecule has 1 aliphatic heterocycles. The SMILES string of the molecule is C[C@]1(C(N)=O)COc2c1cc(C(CNC(=O)c1cc(Br)c3nc(N)oc3c1)C(F)(F)F)nc2-c1ccc(F)cc1. The molecule has 2 aromatic carbocycles. The lowest BCUT2D eigenvalue weighted by molar-refractivity contribution is -0.149. The Morgan fingerprint density at radius 2 is 1.88 bits per heavy atom. The zero-order chi connectivity index (χ0) is 29.0. The summed E-state index contributed by atoms with van der Waals surface area (Å²) in [6.45, 7) is 0.348. The van der Waals surface area contributed by atoms with E-state index < -0.39 is 47.4 Å². The second kappa shape index (κ2) is 9.77. The van der Waals surface area contributed by atoms with Gasteiger partial charge in [0.05, 0.1) is 5.69 Å². The fourth-order valence-electron chi connectivity index (χ4n) is 4.41. The zero-order valence-electron chi connectivity index (χ0n) is 20.6. The molecule has 2 atom stereocenters. The van der Waals surface area contributed by atoms with Crippen molar-refractivity contribution in [1.29, 1.82) is 0 Å². The van der Waals surface area contributed by atoms with Crippen molar-refractivity contribution >= 4 is 44.9 Å². The Kier molecular flexibility index (Phi) is 6.68. The van der Waals surface area contributed by atoms with Gasteiger partial charge in [0.2, 0.25) is 5.91 Å². The van der Waals surface area contributed by atoms with E-state index in [9.17, 15) is 27.2 Å². The number of nitrogens with zero attached hydrogens (tertiary/aromatic N) is 2. The second-order valence-electron chi connectivity index (χ2n) is 9.43. The van der Waals surface area contributed by atoms with Gasteiger partial charge in [-0.2, -0.15) is 18.2 Å². The Hall–Kier alpha value is -4.20. The maximum atomic E-state index is 14.4. The van der Waals surface area contributed by atoms with Crippen molar-refractivity contribution in [1.82, 2.24) is 15.3 Å². The minimum absolute atomic E-state index is 0.0000619. The van der Waals surface area contributed by atoms with E-state index in [1.807, 2.05) is 0 Å². The number of aromatic nitrogens is 2. The Balaban J connectivity index is 1.54. The number of alkyl halides is 3. The number of ether oxygens (including phenoxy) is 1. The predicted octanol–water partition coefficient (Wildman–Crippen LogP) is 4.58. The van der Waals surface area contributed by atoms with Crippen LogP contribution < -0.4 is 21.5 Å². The van der Waals surface area contributed by atoms with Gasteiger partial charge in [-0.1, -0.05) is 0 Å². The fourth-order valence-corrected chi connectivity index (χ4v) is 4.94. The first-order chi connectivity index (χ1) is 18.8. The van der Waals surface area contributed by atoms with Crippen LogP contribution in [0.3, 0.4) is 0 Å². The smallest absolute Gasteiger partial charge is 0.398 e. The van der Waals surface area contributed by atoms with Crippen molar-refractivity contribution in [3.63, 3.8) is 0 Å². The van der Waals surface area contributed by atoms with Crippen molar-refractivity contribution in [2.24, 2.45) is 5.73 Å². The molecule has 4 aromatic rings. The molecule has 1 unspecified atom stereocenters. The molecule has 5 rings (SSSR count). The Labute approximate surface area is 232 Å². The van der Waals surface area contributed by atoms with E-state index in [-0.39, 0.29) is 46.3 Å². The Morgan fingerprint density at radius 1 is 1.18 bits per heavy atom. The number of hydrogen-bond donors (Lipinski definition) is 3. The van der Waals surface area contributed by atoms with Crippen molar-refractivity contribution in [2.75, 3.05) is 18.9 Å². The van der Waals surface area contributed by atoms with Gasteiger partial charge in [0, 0.05) is 27.7 Å². The van der Waals surface area contributed by atoms with Crippen LogP contribution in [-0.4, -0.2) is 41.1 Å². The van der Waals surface area contributed by atoms with Crippen LogP contribution in [0.1, 0.15) is 34.5 Å². The molecular weight excluding hydrogens is 602 g/mol. The number of carbonyl (C=O) groups excluding carboxylic acids is 2. The van der Waals surface area contributed by atoms with E-state index in [2.05, 4.69) is 31.2 Å². The Morgan fingerprint density at radius 3 is 2.52 bits per heavy atom. The number of benzene rings is 2. The first-order valence-electron chi connectivity index (χ1n) is 11.7.